The quantitative estimate of drug-likeness (QED) is 0.182. The van der Waals surface area contributed by atoms with Crippen molar-refractivity contribution in [3.8, 4) is 0 Å². The van der Waals surface area contributed by atoms with Gasteiger partial charge in [-0.25, -0.2) is 4.79 Å². The van der Waals surface area contributed by atoms with Crippen LogP contribution in [0.4, 0.5) is 4.39 Å². The van der Waals surface area contributed by atoms with Crippen molar-refractivity contribution < 1.29 is 28.6 Å². The molecule has 10 nitrogen and oxygen atoms in total. The van der Waals surface area contributed by atoms with Crippen LogP contribution in [0.2, 0.25) is 0 Å². The monoisotopic (exact) mass is 573 g/mol. The SMILES string of the molecule is O=C(CCCc1ccc2ccc3cccc4ccc1c2c34)NCC(=O)OC[C@H]1O[C@@H](n2cc(F)c(=O)[nH]c2=O)C[C@@H]1O. The lowest BCUT2D eigenvalue weighted by Gasteiger charge is -2.16. The van der Waals surface area contributed by atoms with Crippen LogP contribution in [0.5, 0.6) is 0 Å². The molecule has 1 amide bonds. The first-order valence-corrected chi connectivity index (χ1v) is 13.7. The maximum atomic E-state index is 13.6. The van der Waals surface area contributed by atoms with E-state index in [2.05, 4.69) is 59.9 Å². The van der Waals surface area contributed by atoms with Gasteiger partial charge in [-0.1, -0.05) is 54.6 Å². The van der Waals surface area contributed by atoms with Gasteiger partial charge >= 0.3 is 11.7 Å². The van der Waals surface area contributed by atoms with E-state index in [0.29, 0.717) is 19.0 Å². The number of aliphatic hydroxyl groups is 1. The lowest BCUT2D eigenvalue weighted by atomic mass is 9.90. The number of halogens is 1. The topological polar surface area (TPSA) is 140 Å². The highest BCUT2D eigenvalue weighted by atomic mass is 19.1. The fraction of sp³-hybridized carbons (Fsp3) is 0.290. The zero-order valence-corrected chi connectivity index (χ0v) is 22.5. The summed E-state index contributed by atoms with van der Waals surface area (Å²) in [6, 6.07) is 19.0. The van der Waals surface area contributed by atoms with Crippen LogP contribution in [-0.4, -0.2) is 51.9 Å². The number of nitrogens with one attached hydrogen (secondary N) is 2. The molecule has 216 valence electrons. The Morgan fingerprint density at radius 1 is 1.05 bits per heavy atom. The third-order valence-electron chi connectivity index (χ3n) is 7.75. The number of rotatable bonds is 9. The van der Waals surface area contributed by atoms with E-state index >= 15 is 0 Å². The van der Waals surface area contributed by atoms with E-state index in [9.17, 15) is 28.7 Å². The summed E-state index contributed by atoms with van der Waals surface area (Å²) in [4.78, 5) is 49.6. The second kappa shape index (κ2) is 11.3. The van der Waals surface area contributed by atoms with E-state index in [1.54, 1.807) is 0 Å². The number of carbonyl (C=O) groups is 2. The molecular weight excluding hydrogens is 545 g/mol. The third kappa shape index (κ3) is 5.36. The number of nitrogens with zero attached hydrogens (tertiary/aromatic N) is 1. The maximum absolute atomic E-state index is 13.6. The molecule has 0 unspecified atom stereocenters. The van der Waals surface area contributed by atoms with Crippen molar-refractivity contribution in [2.45, 2.75) is 44.1 Å². The van der Waals surface area contributed by atoms with E-state index in [1.165, 1.54) is 32.3 Å². The van der Waals surface area contributed by atoms with Crippen molar-refractivity contribution in [2.24, 2.45) is 0 Å². The van der Waals surface area contributed by atoms with Crippen molar-refractivity contribution in [3.05, 3.63) is 93.0 Å². The maximum Gasteiger partial charge on any atom is 0.330 e. The minimum Gasteiger partial charge on any atom is -0.462 e. The third-order valence-corrected chi connectivity index (χ3v) is 7.75. The van der Waals surface area contributed by atoms with Gasteiger partial charge in [0.15, 0.2) is 0 Å². The zero-order valence-electron chi connectivity index (χ0n) is 22.5. The van der Waals surface area contributed by atoms with Gasteiger partial charge in [0.05, 0.1) is 12.3 Å². The van der Waals surface area contributed by atoms with Crippen LogP contribution < -0.4 is 16.6 Å². The second-order valence-corrected chi connectivity index (χ2v) is 10.5. The Kier molecular flexibility index (Phi) is 7.44. The Hall–Kier alpha value is -4.61. The molecule has 4 aromatic carbocycles. The van der Waals surface area contributed by atoms with Gasteiger partial charge in [0.1, 0.15) is 25.5 Å². The lowest BCUT2D eigenvalue weighted by Crippen LogP contribution is -2.35. The molecule has 2 heterocycles. The van der Waals surface area contributed by atoms with Crippen LogP contribution in [-0.2, 0) is 25.5 Å². The number of H-pyrrole nitrogens is 1. The molecule has 3 atom stereocenters. The molecule has 1 aliphatic heterocycles. The number of aryl methyl sites for hydroxylation is 1. The smallest absolute Gasteiger partial charge is 0.330 e. The average molecular weight is 574 g/mol. The summed E-state index contributed by atoms with van der Waals surface area (Å²) >= 11 is 0. The minimum absolute atomic E-state index is 0.0730. The Morgan fingerprint density at radius 2 is 1.76 bits per heavy atom. The molecule has 42 heavy (non-hydrogen) atoms. The van der Waals surface area contributed by atoms with E-state index in [1.807, 2.05) is 4.98 Å². The lowest BCUT2D eigenvalue weighted by molar-refractivity contribution is -0.150. The zero-order chi connectivity index (χ0) is 29.4. The number of aromatic nitrogens is 2. The standard InChI is InChI=1S/C31H28FN3O7/c32-22-15-35(31(40)34-30(22)39)26-13-23(36)24(42-26)16-41-27(38)14-33-25(37)6-2-3-17-7-8-20-10-9-18-4-1-5-19-11-12-21(17)29(20)28(18)19/h1,4-5,7-12,15,23-24,26,36H,2-3,6,13-14,16H2,(H,33,37)(H,34,39,40)/t23-,24+,26+/m0/s1. The van der Waals surface area contributed by atoms with Gasteiger partial charge in [-0.15, -0.1) is 0 Å². The van der Waals surface area contributed by atoms with Crippen LogP contribution in [0, 0.1) is 5.82 Å². The van der Waals surface area contributed by atoms with Crippen molar-refractivity contribution in [1.29, 1.82) is 0 Å². The van der Waals surface area contributed by atoms with Crippen LogP contribution in [0.1, 0.15) is 31.1 Å². The summed E-state index contributed by atoms with van der Waals surface area (Å²) in [6.07, 6.45) is -0.961. The molecular formula is C31H28FN3O7. The summed E-state index contributed by atoms with van der Waals surface area (Å²) < 4.78 is 25.1. The molecule has 5 aromatic rings. The fourth-order valence-corrected chi connectivity index (χ4v) is 5.65. The molecule has 0 aliphatic carbocycles. The number of benzene rings is 4. The first-order valence-electron chi connectivity index (χ1n) is 13.7. The highest BCUT2D eigenvalue weighted by Crippen LogP contribution is 2.36. The summed E-state index contributed by atoms with van der Waals surface area (Å²) in [5, 5.41) is 20.0. The summed E-state index contributed by atoms with van der Waals surface area (Å²) in [6.45, 7) is -0.685. The molecule has 0 bridgehead atoms. The Labute approximate surface area is 238 Å². The summed E-state index contributed by atoms with van der Waals surface area (Å²) in [5.41, 5.74) is -0.888. The van der Waals surface area contributed by atoms with Gasteiger partial charge in [0.2, 0.25) is 11.7 Å². The number of hydrogen-bond acceptors (Lipinski definition) is 7. The predicted octanol–water partition coefficient (Wildman–Crippen LogP) is 2.90. The number of esters is 1. The van der Waals surface area contributed by atoms with Crippen molar-refractivity contribution in [1.82, 2.24) is 14.9 Å². The number of ether oxygens (including phenoxy) is 2. The van der Waals surface area contributed by atoms with E-state index in [-0.39, 0.29) is 31.9 Å². The average Bonchev–Trinajstić information content (AvgIpc) is 3.36. The Morgan fingerprint density at radius 3 is 2.55 bits per heavy atom. The number of aliphatic hydroxyl groups excluding tert-OH is 1. The first-order chi connectivity index (χ1) is 20.3. The van der Waals surface area contributed by atoms with E-state index in [4.69, 9.17) is 9.47 Å². The molecule has 0 spiro atoms. The highest BCUT2D eigenvalue weighted by Gasteiger charge is 2.36. The normalized spacial score (nSPS) is 18.7. The predicted molar refractivity (Wildman–Crippen MR) is 153 cm³/mol. The van der Waals surface area contributed by atoms with Gasteiger partial charge in [-0.2, -0.15) is 4.39 Å². The van der Waals surface area contributed by atoms with Gasteiger partial charge in [-0.05, 0) is 50.7 Å². The Bertz CT molecular complexity index is 1900. The van der Waals surface area contributed by atoms with Crippen LogP contribution in [0.3, 0.4) is 0 Å². The molecule has 11 heteroatoms. The molecule has 6 rings (SSSR count). The minimum atomic E-state index is -1.17. The number of hydrogen-bond donors (Lipinski definition) is 3. The molecule has 1 fully saturated rings. The largest absolute Gasteiger partial charge is 0.462 e. The van der Waals surface area contributed by atoms with E-state index < -0.39 is 41.5 Å². The molecule has 1 aromatic heterocycles. The molecule has 0 radical (unpaired) electrons. The van der Waals surface area contributed by atoms with Crippen LogP contribution in [0.15, 0.2) is 70.4 Å². The summed E-state index contributed by atoms with van der Waals surface area (Å²) in [5.74, 6) is -2.18. The van der Waals surface area contributed by atoms with Crippen molar-refractivity contribution >= 4 is 44.2 Å². The highest BCUT2D eigenvalue weighted by molar-refractivity contribution is 6.23. The number of aromatic amines is 1. The second-order valence-electron chi connectivity index (χ2n) is 10.5. The van der Waals surface area contributed by atoms with Crippen LogP contribution in [0.25, 0.3) is 32.3 Å². The van der Waals surface area contributed by atoms with Gasteiger partial charge < -0.3 is 19.9 Å². The summed E-state index contributed by atoms with van der Waals surface area (Å²) in [7, 11) is 0. The molecule has 1 saturated heterocycles. The molecule has 0 saturated carbocycles. The van der Waals surface area contributed by atoms with Crippen molar-refractivity contribution in [3.63, 3.8) is 0 Å². The van der Waals surface area contributed by atoms with E-state index in [0.717, 1.165) is 10.1 Å². The number of carbonyl (C=O) groups excluding carboxylic acids is 2. The van der Waals surface area contributed by atoms with Gasteiger partial charge in [0.25, 0.3) is 5.56 Å². The van der Waals surface area contributed by atoms with Crippen molar-refractivity contribution in [2.75, 3.05) is 13.2 Å². The van der Waals surface area contributed by atoms with Gasteiger partial charge in [-0.3, -0.25) is 23.9 Å². The van der Waals surface area contributed by atoms with Crippen LogP contribution >= 0.6 is 0 Å². The fourth-order valence-electron chi connectivity index (χ4n) is 5.65. The van der Waals surface area contributed by atoms with Gasteiger partial charge in [0, 0.05) is 12.8 Å². The molecule has 3 N–H and O–H groups in total. The first kappa shape index (κ1) is 27.6. The molecule has 1 aliphatic rings. The Balaban J connectivity index is 0.976. The number of amides is 1.